The lowest BCUT2D eigenvalue weighted by atomic mass is 9.83. The zero-order valence-electron chi connectivity index (χ0n) is 21.1. The SMILES string of the molecule is COc1cc(/C=C/C(=O)/C=C(O)/C=C/c2cc(CO)c(O)c(C3OC(C(=O)[O-])C(O)C(O)C3C)c2)ccc1O. The van der Waals surface area contributed by atoms with E-state index < -0.39 is 60.2 Å². The van der Waals surface area contributed by atoms with Crippen molar-refractivity contribution >= 4 is 23.9 Å². The van der Waals surface area contributed by atoms with Crippen LogP contribution < -0.4 is 9.84 Å². The Morgan fingerprint density at radius 1 is 1.05 bits per heavy atom. The van der Waals surface area contributed by atoms with Crippen LogP contribution in [0.2, 0.25) is 0 Å². The Balaban J connectivity index is 1.84. The molecule has 6 N–H and O–H groups in total. The first kappa shape index (κ1) is 29.4. The molecule has 2 aromatic rings. The van der Waals surface area contributed by atoms with E-state index in [1.807, 2.05) is 0 Å². The smallest absolute Gasteiger partial charge is 0.182 e. The van der Waals surface area contributed by atoms with Crippen molar-refractivity contribution < 1.29 is 54.8 Å². The Bertz CT molecular complexity index is 1310. The van der Waals surface area contributed by atoms with Crippen LogP contribution in [0.1, 0.15) is 35.3 Å². The molecule has 3 rings (SSSR count). The van der Waals surface area contributed by atoms with Crippen LogP contribution in [-0.4, -0.2) is 67.8 Å². The third-order valence-corrected chi connectivity index (χ3v) is 6.30. The first-order valence-electron chi connectivity index (χ1n) is 11.8. The Morgan fingerprint density at radius 2 is 1.74 bits per heavy atom. The summed E-state index contributed by atoms with van der Waals surface area (Å²) >= 11 is 0. The molecular weight excluding hydrogens is 512 g/mol. The number of aliphatic hydroxyl groups excluding tert-OH is 4. The number of carbonyl (C=O) groups is 2. The van der Waals surface area contributed by atoms with Crippen LogP contribution in [0, 0.1) is 5.92 Å². The minimum absolute atomic E-state index is 0.0395. The predicted octanol–water partition coefficient (Wildman–Crippen LogP) is 0.884. The number of carboxylic acids is 1. The van der Waals surface area contributed by atoms with Crippen LogP contribution >= 0.6 is 0 Å². The standard InChI is InChI=1S/C28H30O11/c1-14-23(33)25(35)27(28(36)37)39-26(14)20-10-16(9-17(13-29)24(20)34)4-7-19(31)12-18(30)6-3-15-5-8-21(32)22(11-15)38-2/h3-12,14,23,25-27,29,31-35H,13H2,1-2H3,(H,36,37)/p-1/b6-3+,7-4+,19-12-. The van der Waals surface area contributed by atoms with Crippen LogP contribution in [0.4, 0.5) is 0 Å². The molecule has 0 aromatic heterocycles. The topological polar surface area (TPSA) is 197 Å². The van der Waals surface area contributed by atoms with Gasteiger partial charge in [-0.25, -0.2) is 0 Å². The van der Waals surface area contributed by atoms with Crippen molar-refractivity contribution in [3.8, 4) is 17.2 Å². The van der Waals surface area contributed by atoms with Crippen molar-refractivity contribution in [1.29, 1.82) is 0 Å². The molecule has 2 aromatic carbocycles. The second-order valence-corrected chi connectivity index (χ2v) is 8.98. The van der Waals surface area contributed by atoms with Gasteiger partial charge in [0.2, 0.25) is 0 Å². The molecule has 0 radical (unpaired) electrons. The Kier molecular flexibility index (Phi) is 9.49. The van der Waals surface area contributed by atoms with Crippen LogP contribution in [-0.2, 0) is 20.9 Å². The van der Waals surface area contributed by atoms with Gasteiger partial charge in [0.05, 0.1) is 31.9 Å². The summed E-state index contributed by atoms with van der Waals surface area (Å²) in [7, 11) is 1.39. The van der Waals surface area contributed by atoms with E-state index in [2.05, 4.69) is 0 Å². The summed E-state index contributed by atoms with van der Waals surface area (Å²) in [5, 5.41) is 72.0. The van der Waals surface area contributed by atoms with Gasteiger partial charge in [-0.15, -0.1) is 0 Å². The van der Waals surface area contributed by atoms with Gasteiger partial charge in [0, 0.05) is 23.1 Å². The third kappa shape index (κ3) is 6.84. The number of aliphatic carboxylic acids is 1. The summed E-state index contributed by atoms with van der Waals surface area (Å²) in [5.74, 6) is -3.76. The number of hydrogen-bond donors (Lipinski definition) is 6. The summed E-state index contributed by atoms with van der Waals surface area (Å²) in [6, 6.07) is 7.30. The number of carbonyl (C=O) groups excluding carboxylic acids is 2. The summed E-state index contributed by atoms with van der Waals surface area (Å²) in [4.78, 5) is 23.6. The average Bonchev–Trinajstić information content (AvgIpc) is 2.90. The van der Waals surface area contributed by atoms with E-state index in [1.165, 1.54) is 62.6 Å². The van der Waals surface area contributed by atoms with Crippen molar-refractivity contribution in [1.82, 2.24) is 0 Å². The highest BCUT2D eigenvalue weighted by Crippen LogP contribution is 2.42. The molecule has 11 nitrogen and oxygen atoms in total. The number of rotatable bonds is 9. The zero-order valence-corrected chi connectivity index (χ0v) is 21.1. The van der Waals surface area contributed by atoms with Crippen molar-refractivity contribution in [2.45, 2.75) is 37.9 Å². The summed E-state index contributed by atoms with van der Waals surface area (Å²) < 4.78 is 10.5. The number of phenols is 2. The number of benzene rings is 2. The van der Waals surface area contributed by atoms with Gasteiger partial charge in [-0.3, -0.25) is 4.79 Å². The molecule has 208 valence electrons. The summed E-state index contributed by atoms with van der Waals surface area (Å²) in [6.45, 7) is 0.899. The van der Waals surface area contributed by atoms with Gasteiger partial charge < -0.3 is 50.0 Å². The normalized spacial score (nSPS) is 23.8. The van der Waals surface area contributed by atoms with Gasteiger partial charge in [0.1, 0.15) is 23.7 Å². The van der Waals surface area contributed by atoms with E-state index in [1.54, 1.807) is 6.07 Å². The first-order chi connectivity index (χ1) is 18.5. The molecule has 0 bridgehead atoms. The van der Waals surface area contributed by atoms with E-state index in [0.29, 0.717) is 11.1 Å². The number of ether oxygens (including phenoxy) is 2. The Hall–Kier alpha value is -4.16. The highest BCUT2D eigenvalue weighted by atomic mass is 16.5. The Morgan fingerprint density at radius 3 is 2.38 bits per heavy atom. The monoisotopic (exact) mass is 541 g/mol. The van der Waals surface area contributed by atoms with Gasteiger partial charge in [0.25, 0.3) is 0 Å². The molecule has 5 atom stereocenters. The predicted molar refractivity (Wildman–Crippen MR) is 136 cm³/mol. The van der Waals surface area contributed by atoms with Crippen LogP contribution in [0.3, 0.4) is 0 Å². The fourth-order valence-corrected chi connectivity index (χ4v) is 4.16. The molecule has 1 aliphatic rings. The second-order valence-electron chi connectivity index (χ2n) is 8.98. The number of allylic oxidation sites excluding steroid dienone is 3. The average molecular weight is 542 g/mol. The van der Waals surface area contributed by atoms with Crippen LogP contribution in [0.15, 0.2) is 54.3 Å². The molecule has 1 fully saturated rings. The highest BCUT2D eigenvalue weighted by molar-refractivity contribution is 6.02. The number of carboxylic acid groups (broad SMARTS) is 1. The van der Waals surface area contributed by atoms with Crippen LogP contribution in [0.5, 0.6) is 17.2 Å². The number of hydrogen-bond acceptors (Lipinski definition) is 11. The van der Waals surface area contributed by atoms with Crippen molar-refractivity contribution in [2.75, 3.05) is 7.11 Å². The molecule has 1 aliphatic heterocycles. The number of ketones is 1. The number of aromatic hydroxyl groups is 2. The maximum absolute atomic E-state index is 12.2. The fraction of sp³-hybridized carbons (Fsp3) is 0.286. The van der Waals surface area contributed by atoms with Crippen LogP contribution in [0.25, 0.3) is 12.2 Å². The summed E-state index contributed by atoms with van der Waals surface area (Å²) in [5.41, 5.74) is 1.01. The molecule has 11 heteroatoms. The van der Waals surface area contributed by atoms with E-state index in [4.69, 9.17) is 9.47 Å². The van der Waals surface area contributed by atoms with E-state index in [-0.39, 0.29) is 22.6 Å². The molecule has 0 saturated carbocycles. The number of phenolic OH excluding ortho intramolecular Hbond substituents is 1. The molecule has 0 amide bonds. The lowest BCUT2D eigenvalue weighted by molar-refractivity contribution is -0.331. The van der Waals surface area contributed by atoms with Gasteiger partial charge in [0.15, 0.2) is 17.3 Å². The van der Waals surface area contributed by atoms with Crippen molar-refractivity contribution in [2.24, 2.45) is 5.92 Å². The molecule has 0 spiro atoms. The van der Waals surface area contributed by atoms with Crippen molar-refractivity contribution in [3.05, 3.63) is 76.6 Å². The first-order valence-corrected chi connectivity index (χ1v) is 11.8. The van der Waals surface area contributed by atoms with E-state index in [0.717, 1.165) is 6.08 Å². The summed E-state index contributed by atoms with van der Waals surface area (Å²) in [6.07, 6.45) is -0.0871. The lowest BCUT2D eigenvalue weighted by Gasteiger charge is -2.42. The van der Waals surface area contributed by atoms with E-state index in [9.17, 15) is 45.3 Å². The zero-order chi connectivity index (χ0) is 28.9. The molecule has 0 aliphatic carbocycles. The van der Waals surface area contributed by atoms with Gasteiger partial charge >= 0.3 is 0 Å². The van der Waals surface area contributed by atoms with Gasteiger partial charge in [-0.2, -0.15) is 0 Å². The lowest BCUT2D eigenvalue weighted by Crippen LogP contribution is -2.57. The minimum Gasteiger partial charge on any atom is -0.547 e. The fourth-order valence-electron chi connectivity index (χ4n) is 4.16. The van der Waals surface area contributed by atoms with Gasteiger partial charge in [-0.05, 0) is 47.5 Å². The molecule has 39 heavy (non-hydrogen) atoms. The molecular formula is C28H29O11-. The molecule has 1 heterocycles. The molecule has 5 unspecified atom stereocenters. The maximum atomic E-state index is 12.2. The number of aliphatic hydroxyl groups is 4. The van der Waals surface area contributed by atoms with Gasteiger partial charge in [-0.1, -0.05) is 25.1 Å². The minimum atomic E-state index is -1.86. The third-order valence-electron chi connectivity index (χ3n) is 6.30. The second kappa shape index (κ2) is 12.6. The highest BCUT2D eigenvalue weighted by Gasteiger charge is 2.44. The number of methoxy groups -OCH3 is 1. The van der Waals surface area contributed by atoms with Crippen molar-refractivity contribution in [3.63, 3.8) is 0 Å². The van der Waals surface area contributed by atoms with E-state index >= 15 is 0 Å². The molecule has 1 saturated heterocycles. The quantitative estimate of drug-likeness (QED) is 0.150. The maximum Gasteiger partial charge on any atom is 0.182 e. The Labute approximate surface area is 223 Å². The largest absolute Gasteiger partial charge is 0.547 e.